The lowest BCUT2D eigenvalue weighted by Gasteiger charge is -2.14. The fourth-order valence-electron chi connectivity index (χ4n) is 1.83. The first-order chi connectivity index (χ1) is 8.02. The number of nitrogens with zero attached hydrogens (tertiary/aromatic N) is 2. The molecule has 0 atom stereocenters. The monoisotopic (exact) mass is 228 g/mol. The molecule has 0 unspecified atom stereocenters. The molecule has 0 spiro atoms. The van der Waals surface area contributed by atoms with Gasteiger partial charge in [0.1, 0.15) is 0 Å². The van der Waals surface area contributed by atoms with Gasteiger partial charge in [-0.25, -0.2) is 4.68 Å². The fourth-order valence-corrected chi connectivity index (χ4v) is 1.83. The van der Waals surface area contributed by atoms with Gasteiger partial charge in [0.05, 0.1) is 11.4 Å². The number of aromatic nitrogens is 2. The second-order valence-corrected chi connectivity index (χ2v) is 5.37. The number of rotatable bonds is 2. The Morgan fingerprint density at radius 1 is 1.12 bits per heavy atom. The summed E-state index contributed by atoms with van der Waals surface area (Å²) in [7, 11) is 0. The lowest BCUT2D eigenvalue weighted by atomic mass is 9.92. The Kier molecular flexibility index (Phi) is 3.05. The summed E-state index contributed by atoms with van der Waals surface area (Å²) in [6.07, 6.45) is 0.998. The van der Waals surface area contributed by atoms with Crippen molar-refractivity contribution < 1.29 is 0 Å². The third-order valence-electron chi connectivity index (χ3n) is 2.91. The molecular weight excluding hydrogens is 208 g/mol. The van der Waals surface area contributed by atoms with Crippen LogP contribution in [0.25, 0.3) is 5.69 Å². The van der Waals surface area contributed by atoms with Crippen LogP contribution in [0, 0.1) is 0 Å². The number of hydrogen-bond donors (Lipinski definition) is 0. The number of benzene rings is 1. The third-order valence-corrected chi connectivity index (χ3v) is 2.91. The first-order valence-corrected chi connectivity index (χ1v) is 6.17. The molecule has 0 saturated carbocycles. The van der Waals surface area contributed by atoms with Crippen molar-refractivity contribution in [3.05, 3.63) is 47.8 Å². The van der Waals surface area contributed by atoms with Gasteiger partial charge in [0.2, 0.25) is 0 Å². The van der Waals surface area contributed by atoms with Gasteiger partial charge in [-0.05, 0) is 24.6 Å². The molecule has 0 saturated heterocycles. The van der Waals surface area contributed by atoms with E-state index in [-0.39, 0.29) is 5.41 Å². The van der Waals surface area contributed by atoms with Gasteiger partial charge >= 0.3 is 0 Å². The number of para-hydroxylation sites is 1. The Bertz CT molecular complexity index is 489. The van der Waals surface area contributed by atoms with Crippen LogP contribution < -0.4 is 0 Å². The number of hydrogen-bond acceptors (Lipinski definition) is 1. The molecule has 0 bridgehead atoms. The van der Waals surface area contributed by atoms with E-state index in [4.69, 9.17) is 5.10 Å². The minimum atomic E-state index is 0.101. The van der Waals surface area contributed by atoms with Gasteiger partial charge < -0.3 is 0 Å². The van der Waals surface area contributed by atoms with Crippen molar-refractivity contribution in [2.75, 3.05) is 0 Å². The van der Waals surface area contributed by atoms with Gasteiger partial charge in [-0.1, -0.05) is 45.9 Å². The molecule has 1 heterocycles. The Morgan fingerprint density at radius 2 is 1.76 bits per heavy atom. The highest BCUT2D eigenvalue weighted by atomic mass is 15.3. The van der Waals surface area contributed by atoms with Crippen molar-refractivity contribution in [3.63, 3.8) is 0 Å². The first kappa shape index (κ1) is 11.9. The van der Waals surface area contributed by atoms with E-state index in [0.29, 0.717) is 0 Å². The molecule has 0 N–H and O–H groups in total. The number of aryl methyl sites for hydroxylation is 1. The van der Waals surface area contributed by atoms with Crippen LogP contribution >= 0.6 is 0 Å². The zero-order valence-electron chi connectivity index (χ0n) is 11.1. The van der Waals surface area contributed by atoms with E-state index in [1.165, 1.54) is 5.69 Å². The van der Waals surface area contributed by atoms with Crippen molar-refractivity contribution in [2.24, 2.45) is 0 Å². The van der Waals surface area contributed by atoms with Crippen molar-refractivity contribution in [1.82, 2.24) is 9.78 Å². The van der Waals surface area contributed by atoms with Gasteiger partial charge in [-0.15, -0.1) is 0 Å². The summed E-state index contributed by atoms with van der Waals surface area (Å²) in [5.74, 6) is 0. The van der Waals surface area contributed by atoms with Crippen molar-refractivity contribution in [3.8, 4) is 5.69 Å². The van der Waals surface area contributed by atoms with Gasteiger partial charge in [-0.3, -0.25) is 0 Å². The van der Waals surface area contributed by atoms with E-state index in [1.54, 1.807) is 0 Å². The maximum atomic E-state index is 4.74. The highest BCUT2D eigenvalue weighted by Gasteiger charge is 2.19. The van der Waals surface area contributed by atoms with Crippen LogP contribution in [-0.4, -0.2) is 9.78 Å². The van der Waals surface area contributed by atoms with E-state index in [9.17, 15) is 0 Å². The molecule has 0 aliphatic rings. The molecule has 1 aromatic carbocycles. The summed E-state index contributed by atoms with van der Waals surface area (Å²) in [5.41, 5.74) is 3.66. The predicted molar refractivity (Wildman–Crippen MR) is 71.6 cm³/mol. The molecular formula is C15H20N2. The zero-order valence-corrected chi connectivity index (χ0v) is 11.1. The molecule has 2 heteroatoms. The molecule has 0 aliphatic heterocycles. The lowest BCUT2D eigenvalue weighted by Crippen LogP contribution is -2.12. The van der Waals surface area contributed by atoms with Crippen LogP contribution in [0.3, 0.4) is 0 Å². The van der Waals surface area contributed by atoms with Crippen molar-refractivity contribution >= 4 is 0 Å². The topological polar surface area (TPSA) is 17.8 Å². The fraction of sp³-hybridized carbons (Fsp3) is 0.400. The molecule has 1 aromatic heterocycles. The van der Waals surface area contributed by atoms with E-state index in [1.807, 2.05) is 18.2 Å². The minimum absolute atomic E-state index is 0.101. The minimum Gasteiger partial charge on any atom is -0.238 e. The van der Waals surface area contributed by atoms with Crippen LogP contribution in [0.15, 0.2) is 36.4 Å². The standard InChI is InChI=1S/C15H20N2/c1-5-12-11-14(15(2,3)4)16-17(12)13-9-7-6-8-10-13/h6-11H,5H2,1-4H3. The van der Waals surface area contributed by atoms with Gasteiger partial charge in [0, 0.05) is 11.1 Å². The van der Waals surface area contributed by atoms with Crippen molar-refractivity contribution in [1.29, 1.82) is 0 Å². The summed E-state index contributed by atoms with van der Waals surface area (Å²) < 4.78 is 2.06. The lowest BCUT2D eigenvalue weighted by molar-refractivity contribution is 0.560. The SMILES string of the molecule is CCc1cc(C(C)(C)C)nn1-c1ccccc1. The van der Waals surface area contributed by atoms with Gasteiger partial charge in [-0.2, -0.15) is 5.10 Å². The van der Waals surface area contributed by atoms with Crippen LogP contribution in [0.5, 0.6) is 0 Å². The summed E-state index contributed by atoms with van der Waals surface area (Å²) in [6, 6.07) is 12.5. The highest BCUT2D eigenvalue weighted by Crippen LogP contribution is 2.23. The van der Waals surface area contributed by atoms with Crippen LogP contribution in [0.2, 0.25) is 0 Å². The average Bonchev–Trinajstić information content (AvgIpc) is 2.73. The van der Waals surface area contributed by atoms with Crippen LogP contribution in [0.4, 0.5) is 0 Å². The Morgan fingerprint density at radius 3 is 2.29 bits per heavy atom. The third kappa shape index (κ3) is 2.41. The van der Waals surface area contributed by atoms with E-state index in [0.717, 1.165) is 17.8 Å². The van der Waals surface area contributed by atoms with E-state index < -0.39 is 0 Å². The molecule has 0 aliphatic carbocycles. The quantitative estimate of drug-likeness (QED) is 0.765. The summed E-state index contributed by atoms with van der Waals surface area (Å²) in [4.78, 5) is 0. The Balaban J connectivity index is 2.51. The summed E-state index contributed by atoms with van der Waals surface area (Å²) in [6.45, 7) is 8.77. The molecule has 0 amide bonds. The van der Waals surface area contributed by atoms with E-state index >= 15 is 0 Å². The normalized spacial score (nSPS) is 11.8. The molecule has 17 heavy (non-hydrogen) atoms. The summed E-state index contributed by atoms with van der Waals surface area (Å²) in [5, 5.41) is 4.74. The molecule has 2 rings (SSSR count). The van der Waals surface area contributed by atoms with Crippen LogP contribution in [-0.2, 0) is 11.8 Å². The molecule has 2 nitrogen and oxygen atoms in total. The second-order valence-electron chi connectivity index (χ2n) is 5.37. The van der Waals surface area contributed by atoms with E-state index in [2.05, 4.69) is 50.6 Å². The largest absolute Gasteiger partial charge is 0.238 e. The maximum absolute atomic E-state index is 4.74. The predicted octanol–water partition coefficient (Wildman–Crippen LogP) is 3.73. The van der Waals surface area contributed by atoms with Crippen molar-refractivity contribution in [2.45, 2.75) is 39.5 Å². The Labute approximate surface area is 103 Å². The van der Waals surface area contributed by atoms with Crippen LogP contribution in [0.1, 0.15) is 39.1 Å². The molecule has 2 aromatic rings. The average molecular weight is 228 g/mol. The molecule has 0 radical (unpaired) electrons. The van der Waals surface area contributed by atoms with Gasteiger partial charge in [0.25, 0.3) is 0 Å². The summed E-state index contributed by atoms with van der Waals surface area (Å²) >= 11 is 0. The van der Waals surface area contributed by atoms with Gasteiger partial charge in [0.15, 0.2) is 0 Å². The smallest absolute Gasteiger partial charge is 0.0685 e. The highest BCUT2D eigenvalue weighted by molar-refractivity contribution is 5.34. The zero-order chi connectivity index (χ0) is 12.5. The molecule has 90 valence electrons. The maximum Gasteiger partial charge on any atom is 0.0685 e. The molecule has 0 fully saturated rings. The second kappa shape index (κ2) is 4.36. The Hall–Kier alpha value is -1.57. The first-order valence-electron chi connectivity index (χ1n) is 6.17.